The van der Waals surface area contributed by atoms with Crippen molar-refractivity contribution in [2.24, 2.45) is 0 Å². The van der Waals surface area contributed by atoms with E-state index in [1.807, 2.05) is 47.1 Å². The van der Waals surface area contributed by atoms with E-state index in [1.165, 1.54) is 0 Å². The fourth-order valence-corrected chi connectivity index (χ4v) is 2.91. The van der Waals surface area contributed by atoms with Gasteiger partial charge in [0, 0.05) is 29.3 Å². The molecule has 0 spiro atoms. The van der Waals surface area contributed by atoms with Crippen molar-refractivity contribution in [2.45, 2.75) is 0 Å². The Morgan fingerprint density at radius 1 is 1.10 bits per heavy atom. The normalized spacial score (nSPS) is 10.7. The lowest BCUT2D eigenvalue weighted by Crippen LogP contribution is -2.20. The molecule has 4 rings (SSSR count). The number of anilines is 2. The Morgan fingerprint density at radius 2 is 1.86 bits per heavy atom. The second-order valence-electron chi connectivity index (χ2n) is 6.42. The van der Waals surface area contributed by atoms with Crippen molar-refractivity contribution in [3.8, 4) is 22.8 Å². The smallest absolute Gasteiger partial charge is 0.262 e. The van der Waals surface area contributed by atoms with Gasteiger partial charge in [0.25, 0.3) is 5.91 Å². The van der Waals surface area contributed by atoms with Crippen molar-refractivity contribution >= 4 is 22.9 Å². The highest BCUT2D eigenvalue weighted by molar-refractivity contribution is 5.92. The van der Waals surface area contributed by atoms with E-state index in [2.05, 4.69) is 10.3 Å². The number of nitrogens with one attached hydrogen (secondary N) is 1. The number of hydrogen-bond acceptors (Lipinski definition) is 5. The molecule has 0 saturated carbocycles. The highest BCUT2D eigenvalue weighted by Gasteiger charge is 2.11. The summed E-state index contributed by atoms with van der Waals surface area (Å²) in [7, 11) is 1.59. The third-order valence-corrected chi connectivity index (χ3v) is 4.39. The molecule has 7 heteroatoms. The number of rotatable bonds is 6. The molecular formula is C22H20N4O3. The van der Waals surface area contributed by atoms with Crippen LogP contribution in [0.5, 0.6) is 11.5 Å². The summed E-state index contributed by atoms with van der Waals surface area (Å²) in [5.74, 6) is 0.990. The van der Waals surface area contributed by atoms with E-state index in [0.29, 0.717) is 22.8 Å². The highest BCUT2D eigenvalue weighted by Crippen LogP contribution is 2.25. The third-order valence-electron chi connectivity index (χ3n) is 4.39. The van der Waals surface area contributed by atoms with Gasteiger partial charge in [-0.1, -0.05) is 12.1 Å². The minimum absolute atomic E-state index is 0.129. The van der Waals surface area contributed by atoms with Crippen LogP contribution in [-0.2, 0) is 4.79 Å². The summed E-state index contributed by atoms with van der Waals surface area (Å²) < 4.78 is 12.7. The average Bonchev–Trinajstić information content (AvgIpc) is 3.18. The lowest BCUT2D eigenvalue weighted by atomic mass is 10.1. The maximum atomic E-state index is 12.2. The highest BCUT2D eigenvalue weighted by atomic mass is 16.5. The minimum Gasteiger partial charge on any atom is -0.497 e. The molecule has 0 aliphatic heterocycles. The number of benzene rings is 2. The van der Waals surface area contributed by atoms with E-state index in [1.54, 1.807) is 37.4 Å². The van der Waals surface area contributed by atoms with Crippen LogP contribution in [0.4, 0.5) is 11.4 Å². The van der Waals surface area contributed by atoms with Crippen LogP contribution in [0, 0.1) is 0 Å². The molecule has 3 N–H and O–H groups in total. The number of carbonyl (C=O) groups excluding carboxylic acids is 1. The molecule has 146 valence electrons. The molecular weight excluding hydrogens is 368 g/mol. The second kappa shape index (κ2) is 7.93. The van der Waals surface area contributed by atoms with Crippen molar-refractivity contribution in [3.63, 3.8) is 0 Å². The topological polar surface area (TPSA) is 90.9 Å². The molecule has 0 aliphatic carbocycles. The summed E-state index contributed by atoms with van der Waals surface area (Å²) in [6.45, 7) is -0.129. The molecule has 2 aromatic carbocycles. The maximum absolute atomic E-state index is 12.2. The van der Waals surface area contributed by atoms with Crippen LogP contribution in [0.1, 0.15) is 0 Å². The van der Waals surface area contributed by atoms with Gasteiger partial charge in [0.2, 0.25) is 0 Å². The number of hydrogen-bond donors (Lipinski definition) is 2. The number of nitrogen functional groups attached to an aromatic ring is 1. The molecule has 0 aliphatic rings. The Labute approximate surface area is 167 Å². The molecule has 2 heterocycles. The van der Waals surface area contributed by atoms with Gasteiger partial charge in [-0.3, -0.25) is 4.79 Å². The molecule has 0 unspecified atom stereocenters. The zero-order chi connectivity index (χ0) is 20.2. The van der Waals surface area contributed by atoms with Crippen LogP contribution in [0.3, 0.4) is 0 Å². The Balaban J connectivity index is 1.47. The molecule has 0 bridgehead atoms. The van der Waals surface area contributed by atoms with Crippen LogP contribution in [-0.4, -0.2) is 29.0 Å². The summed E-state index contributed by atoms with van der Waals surface area (Å²) >= 11 is 0. The largest absolute Gasteiger partial charge is 0.497 e. The second-order valence-corrected chi connectivity index (χ2v) is 6.42. The molecule has 0 atom stereocenters. The van der Waals surface area contributed by atoms with Crippen molar-refractivity contribution in [3.05, 3.63) is 73.1 Å². The third kappa shape index (κ3) is 4.14. The first-order valence-corrected chi connectivity index (χ1v) is 9.03. The summed E-state index contributed by atoms with van der Waals surface area (Å²) in [4.78, 5) is 16.9. The Hall–Kier alpha value is -4.00. The fourth-order valence-electron chi connectivity index (χ4n) is 2.91. The number of carbonyl (C=O) groups is 1. The molecule has 0 saturated heterocycles. The first-order chi connectivity index (χ1) is 14.1. The van der Waals surface area contributed by atoms with Gasteiger partial charge < -0.3 is 24.9 Å². The number of aromatic nitrogens is 2. The first-order valence-electron chi connectivity index (χ1n) is 9.03. The Kier molecular flexibility index (Phi) is 5.03. The van der Waals surface area contributed by atoms with Gasteiger partial charge in [0.15, 0.2) is 18.0 Å². The Morgan fingerprint density at radius 3 is 2.59 bits per heavy atom. The number of methoxy groups -OCH3 is 1. The van der Waals surface area contributed by atoms with Gasteiger partial charge in [-0.25, -0.2) is 4.98 Å². The zero-order valence-corrected chi connectivity index (χ0v) is 15.8. The van der Waals surface area contributed by atoms with Gasteiger partial charge in [-0.05, 0) is 48.5 Å². The number of amides is 1. The van der Waals surface area contributed by atoms with Crippen molar-refractivity contribution in [1.82, 2.24) is 9.38 Å². The lowest BCUT2D eigenvalue weighted by molar-refractivity contribution is -0.118. The predicted octanol–water partition coefficient (Wildman–Crippen LogP) is 3.61. The quantitative estimate of drug-likeness (QED) is 0.493. The lowest BCUT2D eigenvalue weighted by Gasteiger charge is -2.08. The monoisotopic (exact) mass is 388 g/mol. The molecule has 1 amide bonds. The number of ether oxygens (including phenoxy) is 2. The van der Waals surface area contributed by atoms with Crippen LogP contribution < -0.4 is 20.5 Å². The van der Waals surface area contributed by atoms with Gasteiger partial charge in [-0.2, -0.15) is 0 Å². The standard InChI is InChI=1S/C22H20N4O3/c1-28-18-10-8-17(9-11-18)24-21(27)14-29-20-3-2-12-26-13-19(25-22(20)26)15-4-6-16(23)7-5-15/h2-13H,14,23H2,1H3,(H,24,27). The van der Waals surface area contributed by atoms with Gasteiger partial charge >= 0.3 is 0 Å². The van der Waals surface area contributed by atoms with Crippen molar-refractivity contribution in [2.75, 3.05) is 24.8 Å². The zero-order valence-electron chi connectivity index (χ0n) is 15.8. The van der Waals surface area contributed by atoms with E-state index in [4.69, 9.17) is 15.2 Å². The average molecular weight is 388 g/mol. The summed E-state index contributed by atoms with van der Waals surface area (Å²) in [5, 5.41) is 2.79. The van der Waals surface area contributed by atoms with E-state index < -0.39 is 0 Å². The molecule has 29 heavy (non-hydrogen) atoms. The maximum Gasteiger partial charge on any atom is 0.262 e. The first kappa shape index (κ1) is 18.4. The van der Waals surface area contributed by atoms with E-state index in [-0.39, 0.29) is 12.5 Å². The van der Waals surface area contributed by atoms with Crippen LogP contribution in [0.15, 0.2) is 73.1 Å². The van der Waals surface area contributed by atoms with E-state index in [9.17, 15) is 4.79 Å². The summed E-state index contributed by atoms with van der Waals surface area (Å²) in [5.41, 5.74) is 9.50. The van der Waals surface area contributed by atoms with Crippen LogP contribution >= 0.6 is 0 Å². The fraction of sp³-hybridized carbons (Fsp3) is 0.0909. The summed E-state index contributed by atoms with van der Waals surface area (Å²) in [6.07, 6.45) is 3.79. The SMILES string of the molecule is COc1ccc(NC(=O)COc2cccn3cc(-c4ccc(N)cc4)nc23)cc1. The number of nitrogens with two attached hydrogens (primary N) is 1. The van der Waals surface area contributed by atoms with E-state index >= 15 is 0 Å². The van der Waals surface area contributed by atoms with Crippen LogP contribution in [0.2, 0.25) is 0 Å². The molecule has 0 fully saturated rings. The Bertz CT molecular complexity index is 1140. The van der Waals surface area contributed by atoms with E-state index in [0.717, 1.165) is 17.0 Å². The molecule has 4 aromatic rings. The molecule has 7 nitrogen and oxygen atoms in total. The number of imidazole rings is 1. The molecule has 2 aromatic heterocycles. The number of fused-ring (bicyclic) bond motifs is 1. The number of nitrogens with zero attached hydrogens (tertiary/aromatic N) is 2. The molecule has 0 radical (unpaired) electrons. The van der Waals surface area contributed by atoms with Crippen molar-refractivity contribution < 1.29 is 14.3 Å². The van der Waals surface area contributed by atoms with Gasteiger partial charge in [0.1, 0.15) is 5.75 Å². The van der Waals surface area contributed by atoms with Gasteiger partial charge in [0.05, 0.1) is 12.8 Å². The number of pyridine rings is 1. The van der Waals surface area contributed by atoms with Gasteiger partial charge in [-0.15, -0.1) is 0 Å². The van der Waals surface area contributed by atoms with Crippen molar-refractivity contribution in [1.29, 1.82) is 0 Å². The minimum atomic E-state index is -0.262. The summed E-state index contributed by atoms with van der Waals surface area (Å²) in [6, 6.07) is 18.2. The predicted molar refractivity (Wildman–Crippen MR) is 112 cm³/mol. The van der Waals surface area contributed by atoms with Crippen LogP contribution in [0.25, 0.3) is 16.9 Å².